The second-order valence-corrected chi connectivity index (χ2v) is 3.28. The molecule has 1 aromatic heterocycles. The Labute approximate surface area is 94.1 Å². The molecule has 84 valence electrons. The van der Waals surface area contributed by atoms with E-state index in [9.17, 15) is 14.9 Å². The van der Waals surface area contributed by atoms with E-state index in [-0.39, 0.29) is 10.9 Å². The third-order valence-corrected chi connectivity index (χ3v) is 2.30. The van der Waals surface area contributed by atoms with E-state index in [1.165, 1.54) is 18.2 Å². The van der Waals surface area contributed by atoms with Crippen molar-refractivity contribution in [3.63, 3.8) is 0 Å². The van der Waals surface area contributed by atoms with Gasteiger partial charge in [-0.05, 0) is 18.2 Å². The fraction of sp³-hybridized carbons (Fsp3) is 0. The molecule has 0 spiro atoms. The number of nitro groups is 1. The van der Waals surface area contributed by atoms with E-state index in [1.54, 1.807) is 0 Å². The molecule has 0 bridgehead atoms. The number of aromatic amines is 1. The summed E-state index contributed by atoms with van der Waals surface area (Å²) >= 11 is 0. The van der Waals surface area contributed by atoms with Crippen molar-refractivity contribution in [3.05, 3.63) is 39.6 Å². The molecule has 0 aliphatic rings. The van der Waals surface area contributed by atoms with Gasteiger partial charge in [-0.15, -0.1) is 0 Å². The summed E-state index contributed by atoms with van der Waals surface area (Å²) < 4.78 is 0. The van der Waals surface area contributed by atoms with Crippen LogP contribution < -0.4 is 0 Å². The normalized spacial score (nSPS) is 10.1. The Balaban J connectivity index is 2.85. The summed E-state index contributed by atoms with van der Waals surface area (Å²) in [7, 11) is 0. The number of nitrogens with zero attached hydrogens (tertiary/aromatic N) is 2. The molecule has 0 unspecified atom stereocenters. The summed E-state index contributed by atoms with van der Waals surface area (Å²) in [5, 5.41) is 28.5. The summed E-state index contributed by atoms with van der Waals surface area (Å²) in [6, 6.07) is 5.99. The largest absolute Gasteiger partial charge is 0.476 e. The van der Waals surface area contributed by atoms with Gasteiger partial charge in [-0.25, -0.2) is 4.79 Å². The highest BCUT2D eigenvalue weighted by molar-refractivity contribution is 6.02. The van der Waals surface area contributed by atoms with E-state index < -0.39 is 22.3 Å². The predicted octanol–water partition coefficient (Wildman–Crippen LogP) is 1.65. The molecule has 2 aromatic rings. The number of carbonyl (C=O) groups is 1. The van der Waals surface area contributed by atoms with Gasteiger partial charge in [0.15, 0.2) is 0 Å². The van der Waals surface area contributed by atoms with Crippen molar-refractivity contribution in [1.82, 2.24) is 4.98 Å². The lowest BCUT2D eigenvalue weighted by Crippen LogP contribution is -2.01. The second-order valence-electron chi connectivity index (χ2n) is 3.28. The number of nitriles is 1. The fourth-order valence-corrected chi connectivity index (χ4v) is 1.60. The zero-order valence-electron chi connectivity index (χ0n) is 8.30. The molecule has 0 saturated heterocycles. The maximum absolute atomic E-state index is 10.8. The van der Waals surface area contributed by atoms with Crippen LogP contribution in [0, 0.1) is 21.4 Å². The van der Waals surface area contributed by atoms with Gasteiger partial charge >= 0.3 is 11.7 Å². The number of carboxylic acid groups (broad SMARTS) is 1. The molecule has 1 aromatic carbocycles. The van der Waals surface area contributed by atoms with Gasteiger partial charge in [0.2, 0.25) is 5.69 Å². The van der Waals surface area contributed by atoms with E-state index in [1.807, 2.05) is 6.07 Å². The van der Waals surface area contributed by atoms with Crippen LogP contribution in [0.3, 0.4) is 0 Å². The number of aromatic carboxylic acids is 1. The lowest BCUT2D eigenvalue weighted by Gasteiger charge is -1.91. The topological polar surface area (TPSA) is 120 Å². The first-order valence-corrected chi connectivity index (χ1v) is 4.48. The van der Waals surface area contributed by atoms with E-state index in [2.05, 4.69) is 4.98 Å². The van der Waals surface area contributed by atoms with Gasteiger partial charge < -0.3 is 10.1 Å². The standard InChI is InChI=1S/C10H5N3O4/c11-4-5-1-2-6-7(3-5)12-8(10(14)15)9(6)13(16)17/h1-3,12H,(H,14,15). The Morgan fingerprint density at radius 3 is 2.76 bits per heavy atom. The van der Waals surface area contributed by atoms with Gasteiger partial charge in [0.05, 0.1) is 27.5 Å². The highest BCUT2D eigenvalue weighted by Gasteiger charge is 2.26. The maximum atomic E-state index is 10.8. The molecule has 2 N–H and O–H groups in total. The third kappa shape index (κ3) is 1.57. The molecule has 0 amide bonds. The number of benzene rings is 1. The Hall–Kier alpha value is -2.88. The summed E-state index contributed by atoms with van der Waals surface area (Å²) in [6.45, 7) is 0. The number of rotatable bonds is 2. The minimum Gasteiger partial charge on any atom is -0.476 e. The quantitative estimate of drug-likeness (QED) is 0.601. The second kappa shape index (κ2) is 3.61. The van der Waals surface area contributed by atoms with Crippen LogP contribution in [0.5, 0.6) is 0 Å². The van der Waals surface area contributed by atoms with Gasteiger partial charge in [0.25, 0.3) is 0 Å². The SMILES string of the molecule is N#Cc1ccc2c([N+](=O)[O-])c(C(=O)O)[nH]c2c1. The predicted molar refractivity (Wildman–Crippen MR) is 56.6 cm³/mol. The van der Waals surface area contributed by atoms with Crippen molar-refractivity contribution in [3.8, 4) is 6.07 Å². The van der Waals surface area contributed by atoms with Crippen molar-refractivity contribution in [2.45, 2.75) is 0 Å². The molecule has 7 heteroatoms. The molecule has 2 rings (SSSR count). The first kappa shape index (κ1) is 10.6. The van der Waals surface area contributed by atoms with Gasteiger partial charge in [-0.3, -0.25) is 10.1 Å². The van der Waals surface area contributed by atoms with Gasteiger partial charge in [0, 0.05) is 0 Å². The molecule has 1 heterocycles. The van der Waals surface area contributed by atoms with Gasteiger partial charge in [-0.1, -0.05) is 0 Å². The summed E-state index contributed by atoms with van der Waals surface area (Å²) in [5.74, 6) is -1.41. The number of aromatic nitrogens is 1. The zero-order valence-corrected chi connectivity index (χ0v) is 8.30. The smallest absolute Gasteiger partial charge is 0.359 e. The number of hydrogen-bond acceptors (Lipinski definition) is 4. The highest BCUT2D eigenvalue weighted by atomic mass is 16.6. The lowest BCUT2D eigenvalue weighted by molar-refractivity contribution is -0.383. The molecule has 0 radical (unpaired) electrons. The number of carboxylic acids is 1. The monoisotopic (exact) mass is 231 g/mol. The van der Waals surface area contributed by atoms with Crippen molar-refractivity contribution in [2.75, 3.05) is 0 Å². The number of hydrogen-bond donors (Lipinski definition) is 2. The molecule has 0 aliphatic carbocycles. The van der Waals surface area contributed by atoms with Crippen LogP contribution >= 0.6 is 0 Å². The van der Waals surface area contributed by atoms with Crippen LogP contribution in [0.4, 0.5) is 5.69 Å². The Morgan fingerprint density at radius 2 is 2.24 bits per heavy atom. The van der Waals surface area contributed by atoms with Crippen molar-refractivity contribution >= 4 is 22.6 Å². The molecule has 0 fully saturated rings. The number of nitrogens with one attached hydrogen (secondary N) is 1. The Kier molecular flexibility index (Phi) is 2.25. The minimum atomic E-state index is -1.41. The van der Waals surface area contributed by atoms with Crippen molar-refractivity contribution < 1.29 is 14.8 Å². The van der Waals surface area contributed by atoms with Crippen LogP contribution in [-0.4, -0.2) is 21.0 Å². The molecular weight excluding hydrogens is 226 g/mol. The highest BCUT2D eigenvalue weighted by Crippen LogP contribution is 2.30. The maximum Gasteiger partial charge on any atom is 0.359 e. The van der Waals surface area contributed by atoms with E-state index in [0.717, 1.165) is 0 Å². The first-order valence-electron chi connectivity index (χ1n) is 4.48. The van der Waals surface area contributed by atoms with Crippen LogP contribution in [0.1, 0.15) is 16.1 Å². The van der Waals surface area contributed by atoms with Crippen molar-refractivity contribution in [2.24, 2.45) is 0 Å². The van der Waals surface area contributed by atoms with Crippen LogP contribution in [0.2, 0.25) is 0 Å². The number of fused-ring (bicyclic) bond motifs is 1. The Bertz CT molecular complexity index is 681. The molecular formula is C10H5N3O4. The average Bonchev–Trinajstić information content (AvgIpc) is 2.66. The third-order valence-electron chi connectivity index (χ3n) is 2.30. The van der Waals surface area contributed by atoms with Crippen LogP contribution in [0.15, 0.2) is 18.2 Å². The summed E-state index contributed by atoms with van der Waals surface area (Å²) in [5.41, 5.74) is -0.421. The number of H-pyrrole nitrogens is 1. The van der Waals surface area contributed by atoms with Gasteiger partial charge in [0.1, 0.15) is 0 Å². The molecule has 0 saturated carbocycles. The van der Waals surface area contributed by atoms with E-state index in [4.69, 9.17) is 10.4 Å². The molecule has 7 nitrogen and oxygen atoms in total. The minimum absolute atomic E-state index is 0.173. The van der Waals surface area contributed by atoms with Gasteiger partial charge in [-0.2, -0.15) is 5.26 Å². The van der Waals surface area contributed by atoms with E-state index in [0.29, 0.717) is 5.56 Å². The fourth-order valence-electron chi connectivity index (χ4n) is 1.60. The molecule has 0 aliphatic heterocycles. The zero-order chi connectivity index (χ0) is 12.6. The van der Waals surface area contributed by atoms with E-state index >= 15 is 0 Å². The lowest BCUT2D eigenvalue weighted by atomic mass is 10.1. The Morgan fingerprint density at radius 1 is 1.53 bits per heavy atom. The first-order chi connectivity index (χ1) is 8.04. The molecule has 17 heavy (non-hydrogen) atoms. The summed E-state index contributed by atoms with van der Waals surface area (Å²) in [6.07, 6.45) is 0. The van der Waals surface area contributed by atoms with Crippen LogP contribution in [-0.2, 0) is 0 Å². The van der Waals surface area contributed by atoms with Crippen LogP contribution in [0.25, 0.3) is 10.9 Å². The van der Waals surface area contributed by atoms with Crippen molar-refractivity contribution in [1.29, 1.82) is 5.26 Å². The summed E-state index contributed by atoms with van der Waals surface area (Å²) in [4.78, 5) is 23.3. The average molecular weight is 231 g/mol. The molecule has 0 atom stereocenters.